The van der Waals surface area contributed by atoms with Crippen LogP contribution in [0.25, 0.3) is 0 Å². The van der Waals surface area contributed by atoms with E-state index in [1.807, 2.05) is 33.3 Å². The quantitative estimate of drug-likeness (QED) is 0.0206. The zero-order valence-corrected chi connectivity index (χ0v) is 37.8. The average molecular weight is 852 g/mol. The van der Waals surface area contributed by atoms with Crippen molar-refractivity contribution in [2.45, 2.75) is 154 Å². The Hall–Kier alpha value is -2.70. The fraction of sp³-hybridized carbons (Fsp3) is 0.717. The maximum Gasteiger partial charge on any atom is 0.306 e. The third-order valence-electron chi connectivity index (χ3n) is 9.88. The van der Waals surface area contributed by atoms with Crippen LogP contribution in [0.5, 0.6) is 0 Å². The van der Waals surface area contributed by atoms with Gasteiger partial charge in [-0.15, -0.1) is 0 Å². The minimum absolute atomic E-state index is 0.0145. The molecule has 338 valence electrons. The smallest absolute Gasteiger partial charge is 0.306 e. The van der Waals surface area contributed by atoms with Crippen LogP contribution in [-0.4, -0.2) is 98.2 Å². The van der Waals surface area contributed by atoms with Crippen molar-refractivity contribution in [1.29, 1.82) is 0 Å². The van der Waals surface area contributed by atoms with Crippen molar-refractivity contribution in [2.24, 2.45) is 11.8 Å². The van der Waals surface area contributed by atoms with E-state index < -0.39 is 44.7 Å². The van der Waals surface area contributed by atoms with Crippen molar-refractivity contribution in [3.05, 3.63) is 60.8 Å². The van der Waals surface area contributed by atoms with Crippen LogP contribution in [0.2, 0.25) is 0 Å². The van der Waals surface area contributed by atoms with E-state index in [1.54, 1.807) is 12.2 Å². The predicted molar refractivity (Wildman–Crippen MR) is 232 cm³/mol. The maximum absolute atomic E-state index is 12.8. The number of nitrogens with zero attached hydrogens (tertiary/aromatic N) is 1. The highest BCUT2D eigenvalue weighted by molar-refractivity contribution is 7.45. The number of carbonyl (C=O) groups excluding carboxylic acids is 3. The number of aliphatic hydroxyl groups excluding tert-OH is 2. The molecule has 1 unspecified atom stereocenters. The maximum atomic E-state index is 12.8. The van der Waals surface area contributed by atoms with Gasteiger partial charge in [0.25, 0.3) is 7.82 Å². The molecule has 6 atom stereocenters. The molecule has 0 saturated heterocycles. The minimum atomic E-state index is -4.71. The number of esters is 2. The number of rotatable bonds is 35. The number of hydrogen-bond donors (Lipinski definition) is 2. The van der Waals surface area contributed by atoms with Crippen LogP contribution >= 0.6 is 7.82 Å². The number of phosphoric acid groups is 1. The summed E-state index contributed by atoms with van der Waals surface area (Å²) in [5.74, 6) is -1.84. The van der Waals surface area contributed by atoms with Gasteiger partial charge in [-0.3, -0.25) is 18.9 Å². The fourth-order valence-electron chi connectivity index (χ4n) is 6.29. The molecule has 0 aromatic heterocycles. The highest BCUT2D eigenvalue weighted by atomic mass is 31.2. The molecule has 1 aliphatic rings. The molecule has 0 heterocycles. The lowest BCUT2D eigenvalue weighted by Crippen LogP contribution is -2.37. The molecule has 0 aromatic rings. The van der Waals surface area contributed by atoms with Crippen LogP contribution in [0.4, 0.5) is 0 Å². The van der Waals surface area contributed by atoms with E-state index in [9.17, 15) is 34.1 Å². The lowest BCUT2D eigenvalue weighted by molar-refractivity contribution is -0.870. The summed E-state index contributed by atoms with van der Waals surface area (Å²) in [5, 5.41) is 20.7. The van der Waals surface area contributed by atoms with Gasteiger partial charge >= 0.3 is 11.9 Å². The van der Waals surface area contributed by atoms with E-state index >= 15 is 0 Å². The van der Waals surface area contributed by atoms with Gasteiger partial charge in [-0.05, 0) is 70.6 Å². The first-order chi connectivity index (χ1) is 28.2. The van der Waals surface area contributed by atoms with Gasteiger partial charge in [-0.25, -0.2) is 0 Å². The number of phosphoric ester groups is 1. The lowest BCUT2D eigenvalue weighted by atomic mass is 9.90. The Morgan fingerprint density at radius 2 is 1.41 bits per heavy atom. The summed E-state index contributed by atoms with van der Waals surface area (Å²) in [6.07, 6.45) is 31.9. The number of allylic oxidation sites excluding steroid dienone is 8. The van der Waals surface area contributed by atoms with Gasteiger partial charge in [0.2, 0.25) is 0 Å². The number of likely N-dealkylation sites (N-methyl/N-ethyl adjacent to an activating group) is 1. The van der Waals surface area contributed by atoms with E-state index in [-0.39, 0.29) is 50.1 Å². The van der Waals surface area contributed by atoms with E-state index in [0.717, 1.165) is 51.4 Å². The summed E-state index contributed by atoms with van der Waals surface area (Å²) in [4.78, 5) is 50.3. The third kappa shape index (κ3) is 30.1. The van der Waals surface area contributed by atoms with Crippen molar-refractivity contribution in [1.82, 2.24) is 0 Å². The molecule has 1 rings (SSSR count). The Kier molecular flexibility index (Phi) is 30.4. The summed E-state index contributed by atoms with van der Waals surface area (Å²) in [7, 11) is 0.969. The normalized spacial score (nSPS) is 19.8. The van der Waals surface area contributed by atoms with Gasteiger partial charge in [0.1, 0.15) is 25.5 Å². The van der Waals surface area contributed by atoms with Crippen LogP contribution < -0.4 is 4.89 Å². The molecule has 0 aliphatic heterocycles. The Bertz CT molecular complexity index is 1350. The monoisotopic (exact) mass is 852 g/mol. The number of ether oxygens (including phenoxy) is 2. The molecule has 1 saturated carbocycles. The molecule has 1 fully saturated rings. The Balaban J connectivity index is 2.56. The topological polar surface area (TPSA) is 169 Å². The number of carbonyl (C=O) groups is 3. The summed E-state index contributed by atoms with van der Waals surface area (Å²) >= 11 is 0. The second kappa shape index (κ2) is 33.0. The highest BCUT2D eigenvalue weighted by Gasteiger charge is 2.39. The van der Waals surface area contributed by atoms with Gasteiger partial charge < -0.3 is 38.1 Å². The van der Waals surface area contributed by atoms with E-state index in [1.165, 1.54) is 19.3 Å². The Morgan fingerprint density at radius 3 is 2.07 bits per heavy atom. The van der Waals surface area contributed by atoms with E-state index in [0.29, 0.717) is 43.1 Å². The average Bonchev–Trinajstić information content (AvgIpc) is 3.44. The molecule has 59 heavy (non-hydrogen) atoms. The zero-order valence-electron chi connectivity index (χ0n) is 36.9. The first-order valence-electron chi connectivity index (χ1n) is 22.1. The second-order valence-electron chi connectivity index (χ2n) is 16.5. The molecule has 0 aromatic carbocycles. The van der Waals surface area contributed by atoms with Gasteiger partial charge in [-0.1, -0.05) is 107 Å². The first kappa shape index (κ1) is 54.3. The molecule has 1 aliphatic carbocycles. The molecule has 0 radical (unpaired) electrons. The minimum Gasteiger partial charge on any atom is -0.756 e. The van der Waals surface area contributed by atoms with E-state index in [4.69, 9.17) is 18.5 Å². The largest absolute Gasteiger partial charge is 0.756 e. The standard InChI is InChI=1S/C46H78NO11P/c1-6-8-10-11-12-13-14-15-16-17-18-19-20-21-26-30-45(51)55-37-40(38-57-59(53,54)56-35-34-47(3,4)5)58-46(52)31-27-23-22-25-29-41-42(44(50)36-43(41)49)33-32-39(48)28-24-9-7-2/h12-13,15-16,18-19,22,25,32-33,39-42,44,48,50H,6-11,14,17,20-21,23-24,26-31,34-38H2,1-5H3/b13-12-,16-15-,19-18-,25-22-,33-32+/t39-,40+,41+,42+,44+/m0/s1. The Morgan fingerprint density at radius 1 is 0.814 bits per heavy atom. The highest BCUT2D eigenvalue weighted by Crippen LogP contribution is 2.38. The van der Waals surface area contributed by atoms with Crippen molar-refractivity contribution >= 4 is 25.5 Å². The van der Waals surface area contributed by atoms with E-state index in [2.05, 4.69) is 50.3 Å². The number of Topliss-reactive ketones (excluding diaryl/α,β-unsaturated/α-hetero) is 1. The third-order valence-corrected chi connectivity index (χ3v) is 10.8. The van der Waals surface area contributed by atoms with Crippen LogP contribution in [-0.2, 0) is 37.5 Å². The van der Waals surface area contributed by atoms with Gasteiger partial charge in [0, 0.05) is 31.1 Å². The molecular formula is C46H78NO11P. The van der Waals surface area contributed by atoms with Gasteiger partial charge in [0.05, 0.1) is 40.0 Å². The number of ketones is 1. The van der Waals surface area contributed by atoms with Crippen molar-refractivity contribution in [3.63, 3.8) is 0 Å². The Labute approximate surface area is 356 Å². The van der Waals surface area contributed by atoms with Crippen LogP contribution in [0.3, 0.4) is 0 Å². The molecular weight excluding hydrogens is 773 g/mol. The van der Waals surface area contributed by atoms with Crippen LogP contribution in [0, 0.1) is 11.8 Å². The zero-order chi connectivity index (χ0) is 43.8. The first-order valence-corrected chi connectivity index (χ1v) is 23.6. The summed E-state index contributed by atoms with van der Waals surface area (Å²) in [6, 6.07) is 0. The molecule has 2 N–H and O–H groups in total. The predicted octanol–water partition coefficient (Wildman–Crippen LogP) is 8.42. The molecule has 0 spiro atoms. The number of aliphatic hydroxyl groups is 2. The van der Waals surface area contributed by atoms with Crippen molar-refractivity contribution < 1.29 is 57.1 Å². The molecule has 0 bridgehead atoms. The molecule has 12 nitrogen and oxygen atoms in total. The van der Waals surface area contributed by atoms with Gasteiger partial charge in [0.15, 0.2) is 6.10 Å². The number of quaternary nitrogens is 1. The second-order valence-corrected chi connectivity index (χ2v) is 17.9. The number of unbranched alkanes of at least 4 members (excludes halogenated alkanes) is 8. The molecule has 0 amide bonds. The SMILES string of the molecule is CCCCC/C=C\C/C=C\C/C=C\CCCCC(=O)OC[C@H](COP(=O)([O-])OCC[N+](C)(C)C)OC(=O)CCC/C=C\C[C@H]1C(=O)C[C@@H](O)[C@@H]1/C=C/[C@@H](O)CCCCC. The lowest BCUT2D eigenvalue weighted by Gasteiger charge is -2.28. The fourth-order valence-corrected chi connectivity index (χ4v) is 7.02. The van der Waals surface area contributed by atoms with Crippen LogP contribution in [0.1, 0.15) is 136 Å². The van der Waals surface area contributed by atoms with Gasteiger partial charge in [-0.2, -0.15) is 0 Å². The van der Waals surface area contributed by atoms with Crippen molar-refractivity contribution in [2.75, 3.05) is 47.5 Å². The summed E-state index contributed by atoms with van der Waals surface area (Å²) in [6.45, 7) is 3.71. The molecule has 13 heteroatoms. The summed E-state index contributed by atoms with van der Waals surface area (Å²) in [5.41, 5.74) is 0. The van der Waals surface area contributed by atoms with Crippen molar-refractivity contribution in [3.8, 4) is 0 Å². The van der Waals surface area contributed by atoms with Crippen LogP contribution in [0.15, 0.2) is 60.8 Å². The summed E-state index contributed by atoms with van der Waals surface area (Å²) < 4.78 is 33.7. The number of hydrogen-bond acceptors (Lipinski definition) is 11.